The summed E-state index contributed by atoms with van der Waals surface area (Å²) in [5.41, 5.74) is 1.49. The smallest absolute Gasteiger partial charge is 0.471 e. The number of aromatic carboxylic acids is 1. The molecule has 0 fully saturated rings. The number of hydrogen-bond acceptors (Lipinski definition) is 5. The van der Waals surface area contributed by atoms with Crippen molar-refractivity contribution in [3.8, 4) is 0 Å². The highest BCUT2D eigenvalue weighted by Gasteiger charge is 2.43. The Morgan fingerprint density at radius 1 is 0.971 bits per heavy atom. The van der Waals surface area contributed by atoms with Gasteiger partial charge in [0, 0.05) is 23.8 Å². The Bertz CT molecular complexity index is 1280. The predicted molar refractivity (Wildman–Crippen MR) is 130 cm³/mol. The number of nitrogens with one attached hydrogen (secondary N) is 1. The van der Waals surface area contributed by atoms with Crippen molar-refractivity contribution in [3.05, 3.63) is 71.0 Å². The van der Waals surface area contributed by atoms with Gasteiger partial charge in [0.05, 0.1) is 13.5 Å². The first-order valence-electron chi connectivity index (χ1n) is 9.58. The van der Waals surface area contributed by atoms with E-state index < -0.39 is 24.0 Å². The highest BCUT2D eigenvalue weighted by molar-refractivity contribution is 7.18. The zero-order valence-electron chi connectivity index (χ0n) is 17.3. The summed E-state index contributed by atoms with van der Waals surface area (Å²) >= 11 is 19.6. The molecular weight excluding hydrogens is 572 g/mol. The molecule has 0 radical (unpaired) electrons. The van der Waals surface area contributed by atoms with Crippen LogP contribution in [-0.4, -0.2) is 40.5 Å². The van der Waals surface area contributed by atoms with E-state index in [9.17, 15) is 27.6 Å². The number of anilines is 1. The molecular formula is C21H14Cl3F3N2O4S2. The van der Waals surface area contributed by atoms with Crippen LogP contribution in [0.4, 0.5) is 18.9 Å². The molecule has 0 spiro atoms. The fourth-order valence-corrected chi connectivity index (χ4v) is 5.28. The van der Waals surface area contributed by atoms with E-state index in [-0.39, 0.29) is 24.4 Å². The molecule has 4 rings (SSSR count). The van der Waals surface area contributed by atoms with Gasteiger partial charge in [0.1, 0.15) is 4.88 Å². The number of carboxylic acids is 1. The molecule has 14 heteroatoms. The van der Waals surface area contributed by atoms with Gasteiger partial charge in [-0.15, -0.1) is 22.7 Å². The summed E-state index contributed by atoms with van der Waals surface area (Å²) in [4.78, 5) is 35.2. The molecule has 2 N–H and O–H groups in total. The van der Waals surface area contributed by atoms with E-state index in [1.807, 2.05) is 0 Å². The summed E-state index contributed by atoms with van der Waals surface area (Å²) < 4.78 is 38.9. The Morgan fingerprint density at radius 3 is 2.06 bits per heavy atom. The second-order valence-electron chi connectivity index (χ2n) is 7.04. The van der Waals surface area contributed by atoms with Gasteiger partial charge in [-0.25, -0.2) is 4.79 Å². The lowest BCUT2D eigenvalue weighted by molar-refractivity contribution is -0.186. The monoisotopic (exact) mass is 584 g/mol. The molecule has 0 saturated heterocycles. The fraction of sp³-hybridized carbons (Fsp3) is 0.190. The van der Waals surface area contributed by atoms with Gasteiger partial charge in [-0.1, -0.05) is 34.8 Å². The molecule has 0 bridgehead atoms. The first-order chi connectivity index (χ1) is 16.3. The van der Waals surface area contributed by atoms with Gasteiger partial charge in [-0.3, -0.25) is 9.59 Å². The maximum absolute atomic E-state index is 12.6. The number of carboxylic acid groups (broad SMARTS) is 1. The standard InChI is InChI=1S/C16H11Cl2F3N2O2S.C5H3ClO2S/c17-11-6-9(22-14(24)12-1-2-13(18)26-12)5-8-7-23(4-3-10(8)11)15(25)16(19,20)21;6-4-2-1-3(9-4)5(7)8/h1-2,5-6H,3-4,7H2,(H,22,24);1-2H,(H,7,8). The number of nitrogens with zero attached hydrogens (tertiary/aromatic N) is 1. The SMILES string of the molecule is O=C(Nc1cc(Cl)c2c(c1)CN(C(=O)C(F)(F)F)CC2)c1ccc(Cl)s1.O=C(O)c1ccc(Cl)s1. The molecule has 0 unspecified atom stereocenters. The van der Waals surface area contributed by atoms with Crippen LogP contribution in [0.2, 0.25) is 13.7 Å². The summed E-state index contributed by atoms with van der Waals surface area (Å²) in [5.74, 6) is -3.22. The van der Waals surface area contributed by atoms with Crippen molar-refractivity contribution in [1.29, 1.82) is 0 Å². The number of hydrogen-bond donors (Lipinski definition) is 2. The van der Waals surface area contributed by atoms with Gasteiger partial charge in [0.25, 0.3) is 5.91 Å². The molecule has 2 aromatic heterocycles. The molecule has 1 aromatic carbocycles. The zero-order chi connectivity index (χ0) is 25.9. The van der Waals surface area contributed by atoms with Crippen LogP contribution in [0.5, 0.6) is 0 Å². The lowest BCUT2D eigenvalue weighted by Crippen LogP contribution is -2.43. The average molecular weight is 586 g/mol. The number of alkyl halides is 3. The van der Waals surface area contributed by atoms with Gasteiger partial charge >= 0.3 is 18.1 Å². The number of amides is 2. The van der Waals surface area contributed by atoms with Crippen molar-refractivity contribution < 1.29 is 32.7 Å². The first kappa shape index (κ1) is 27.3. The Balaban J connectivity index is 0.000000320. The number of thiophene rings is 2. The van der Waals surface area contributed by atoms with E-state index >= 15 is 0 Å². The van der Waals surface area contributed by atoms with E-state index in [2.05, 4.69) is 5.32 Å². The molecule has 6 nitrogen and oxygen atoms in total. The van der Waals surface area contributed by atoms with Crippen LogP contribution in [-0.2, 0) is 17.8 Å². The minimum atomic E-state index is -4.93. The van der Waals surface area contributed by atoms with E-state index in [4.69, 9.17) is 39.9 Å². The third-order valence-electron chi connectivity index (χ3n) is 4.65. The van der Waals surface area contributed by atoms with Crippen LogP contribution in [0.25, 0.3) is 0 Å². The van der Waals surface area contributed by atoms with Gasteiger partial charge < -0.3 is 15.3 Å². The quantitative estimate of drug-likeness (QED) is 0.352. The summed E-state index contributed by atoms with van der Waals surface area (Å²) in [6.07, 6.45) is -4.71. The highest BCUT2D eigenvalue weighted by Crippen LogP contribution is 2.32. The fourth-order valence-electron chi connectivity index (χ4n) is 3.13. The molecule has 0 aliphatic carbocycles. The Hall–Kier alpha value is -2.31. The van der Waals surface area contributed by atoms with Gasteiger partial charge in [0.15, 0.2) is 0 Å². The zero-order valence-corrected chi connectivity index (χ0v) is 21.2. The third kappa shape index (κ3) is 7.11. The van der Waals surface area contributed by atoms with Crippen molar-refractivity contribution in [2.24, 2.45) is 0 Å². The van der Waals surface area contributed by atoms with Crippen molar-refractivity contribution in [2.45, 2.75) is 19.1 Å². The van der Waals surface area contributed by atoms with Crippen LogP contribution in [0.1, 0.15) is 30.5 Å². The van der Waals surface area contributed by atoms with Gasteiger partial charge in [-0.05, 0) is 53.9 Å². The van der Waals surface area contributed by atoms with Gasteiger partial charge in [0.2, 0.25) is 0 Å². The van der Waals surface area contributed by atoms with Crippen molar-refractivity contribution in [3.63, 3.8) is 0 Å². The van der Waals surface area contributed by atoms with Gasteiger partial charge in [-0.2, -0.15) is 13.2 Å². The molecule has 1 aliphatic rings. The van der Waals surface area contributed by atoms with Crippen molar-refractivity contribution >= 4 is 80.9 Å². The molecule has 2 amide bonds. The van der Waals surface area contributed by atoms with Crippen LogP contribution in [0, 0.1) is 0 Å². The van der Waals surface area contributed by atoms with Crippen LogP contribution in [0.3, 0.4) is 0 Å². The number of rotatable bonds is 3. The number of halogens is 6. The van der Waals surface area contributed by atoms with Crippen LogP contribution < -0.4 is 5.32 Å². The Kier molecular flexibility index (Phi) is 8.71. The summed E-state index contributed by atoms with van der Waals surface area (Å²) in [6.45, 7) is -0.285. The second-order valence-corrected chi connectivity index (χ2v) is 10.9. The average Bonchev–Trinajstić information content (AvgIpc) is 3.41. The van der Waals surface area contributed by atoms with E-state index in [1.165, 1.54) is 18.2 Å². The molecule has 35 heavy (non-hydrogen) atoms. The second kappa shape index (κ2) is 11.2. The Morgan fingerprint density at radius 2 is 1.57 bits per heavy atom. The third-order valence-corrected chi connectivity index (χ3v) is 7.44. The maximum Gasteiger partial charge on any atom is 0.471 e. The number of benzene rings is 1. The first-order valence-corrected chi connectivity index (χ1v) is 12.3. The van der Waals surface area contributed by atoms with Crippen molar-refractivity contribution in [1.82, 2.24) is 4.90 Å². The lowest BCUT2D eigenvalue weighted by atomic mass is 9.98. The normalized spacial score (nSPS) is 12.9. The molecule has 3 aromatic rings. The number of carbonyl (C=O) groups excluding carboxylic acids is 2. The van der Waals surface area contributed by atoms with Crippen LogP contribution in [0.15, 0.2) is 36.4 Å². The minimum absolute atomic E-state index is 0.0650. The lowest BCUT2D eigenvalue weighted by Gasteiger charge is -2.30. The molecule has 1 aliphatic heterocycles. The summed E-state index contributed by atoms with van der Waals surface area (Å²) in [5, 5.41) is 11.3. The summed E-state index contributed by atoms with van der Waals surface area (Å²) in [6, 6.07) is 9.26. The topological polar surface area (TPSA) is 86.7 Å². The van der Waals surface area contributed by atoms with Crippen LogP contribution >= 0.6 is 57.5 Å². The predicted octanol–water partition coefficient (Wildman–Crippen LogP) is 6.85. The van der Waals surface area contributed by atoms with E-state index in [0.29, 0.717) is 35.4 Å². The molecule has 0 atom stereocenters. The van der Waals surface area contributed by atoms with Crippen molar-refractivity contribution in [2.75, 3.05) is 11.9 Å². The minimum Gasteiger partial charge on any atom is -0.477 e. The molecule has 3 heterocycles. The maximum atomic E-state index is 12.6. The summed E-state index contributed by atoms with van der Waals surface area (Å²) in [7, 11) is 0. The molecule has 0 saturated carbocycles. The largest absolute Gasteiger partial charge is 0.477 e. The number of carbonyl (C=O) groups is 3. The molecule has 186 valence electrons. The highest BCUT2D eigenvalue weighted by atomic mass is 35.5. The van der Waals surface area contributed by atoms with E-state index in [1.54, 1.807) is 18.2 Å². The Labute approximate surface area is 219 Å². The van der Waals surface area contributed by atoms with E-state index in [0.717, 1.165) is 27.6 Å². The number of fused-ring (bicyclic) bond motifs is 1.